The number of sulfonamides is 1. The topological polar surface area (TPSA) is 81.4 Å². The van der Waals surface area contributed by atoms with Gasteiger partial charge in [0.25, 0.3) is 0 Å². The fourth-order valence-corrected chi connectivity index (χ4v) is 2.59. The lowest BCUT2D eigenvalue weighted by Crippen LogP contribution is -2.27. The predicted octanol–water partition coefficient (Wildman–Crippen LogP) is 1.92. The highest BCUT2D eigenvalue weighted by Crippen LogP contribution is 2.16. The van der Waals surface area contributed by atoms with E-state index in [2.05, 4.69) is 18.6 Å². The first-order chi connectivity index (χ1) is 9.33. The molecule has 0 aliphatic heterocycles. The number of aryl methyl sites for hydroxylation is 1. The number of nitrogens with two attached hydrogens (primary N) is 1. The van der Waals surface area contributed by atoms with Crippen molar-refractivity contribution in [3.8, 4) is 0 Å². The zero-order valence-electron chi connectivity index (χ0n) is 12.3. The van der Waals surface area contributed by atoms with Crippen LogP contribution in [0.1, 0.15) is 25.8 Å². The Bertz CT molecular complexity index is 527. The highest BCUT2D eigenvalue weighted by molar-refractivity contribution is 7.89. The molecule has 0 amide bonds. The summed E-state index contributed by atoms with van der Waals surface area (Å²) in [6, 6.07) is 4.72. The zero-order valence-corrected chi connectivity index (χ0v) is 13.2. The Kier molecular flexibility index (Phi) is 6.45. The Morgan fingerprint density at radius 3 is 2.60 bits per heavy atom. The summed E-state index contributed by atoms with van der Waals surface area (Å²) in [5.74, 6) is 0.585. The van der Waals surface area contributed by atoms with Crippen LogP contribution >= 0.6 is 0 Å². The Balaban J connectivity index is 2.43. The van der Waals surface area contributed by atoms with Crippen LogP contribution in [0.5, 0.6) is 0 Å². The van der Waals surface area contributed by atoms with Crippen LogP contribution in [0.25, 0.3) is 0 Å². The van der Waals surface area contributed by atoms with Gasteiger partial charge in [-0.05, 0) is 37.0 Å². The molecule has 3 N–H and O–H groups in total. The van der Waals surface area contributed by atoms with Crippen LogP contribution in [0.4, 0.5) is 5.69 Å². The summed E-state index contributed by atoms with van der Waals surface area (Å²) < 4.78 is 31.9. The second-order valence-corrected chi connectivity index (χ2v) is 6.98. The van der Waals surface area contributed by atoms with Crippen LogP contribution in [0.15, 0.2) is 23.1 Å². The number of hydrogen-bond donors (Lipinski definition) is 2. The van der Waals surface area contributed by atoms with E-state index < -0.39 is 10.0 Å². The van der Waals surface area contributed by atoms with Crippen LogP contribution in [0.3, 0.4) is 0 Å². The Morgan fingerprint density at radius 1 is 1.30 bits per heavy atom. The van der Waals surface area contributed by atoms with Gasteiger partial charge in [0.1, 0.15) is 0 Å². The van der Waals surface area contributed by atoms with Crippen molar-refractivity contribution in [1.29, 1.82) is 0 Å². The summed E-state index contributed by atoms with van der Waals surface area (Å²) in [4.78, 5) is 0.183. The van der Waals surface area contributed by atoms with Gasteiger partial charge >= 0.3 is 0 Å². The fourth-order valence-electron chi connectivity index (χ4n) is 1.54. The highest BCUT2D eigenvalue weighted by atomic mass is 32.2. The van der Waals surface area contributed by atoms with E-state index in [1.165, 1.54) is 6.07 Å². The molecule has 0 atom stereocenters. The van der Waals surface area contributed by atoms with Crippen molar-refractivity contribution in [2.24, 2.45) is 5.92 Å². The van der Waals surface area contributed by atoms with Crippen LogP contribution in [0, 0.1) is 12.8 Å². The van der Waals surface area contributed by atoms with E-state index in [4.69, 9.17) is 10.5 Å². The molecular weight excluding hydrogens is 276 g/mol. The largest absolute Gasteiger partial charge is 0.398 e. The number of benzene rings is 1. The molecule has 6 heteroatoms. The van der Waals surface area contributed by atoms with Crippen molar-refractivity contribution in [3.05, 3.63) is 23.8 Å². The van der Waals surface area contributed by atoms with Gasteiger partial charge in [-0.3, -0.25) is 0 Å². The maximum Gasteiger partial charge on any atom is 0.240 e. The first-order valence-electron chi connectivity index (χ1n) is 6.76. The van der Waals surface area contributed by atoms with Gasteiger partial charge < -0.3 is 10.5 Å². The molecule has 1 aromatic rings. The van der Waals surface area contributed by atoms with Gasteiger partial charge in [0.05, 0.1) is 11.5 Å². The molecule has 1 aromatic carbocycles. The van der Waals surface area contributed by atoms with Gasteiger partial charge in [0, 0.05) is 18.8 Å². The summed E-state index contributed by atoms with van der Waals surface area (Å²) >= 11 is 0. The molecule has 0 fully saturated rings. The van der Waals surface area contributed by atoms with Crippen LogP contribution in [0.2, 0.25) is 0 Å². The maximum atomic E-state index is 12.0. The van der Waals surface area contributed by atoms with Gasteiger partial charge in [-0.2, -0.15) is 0 Å². The smallest absolute Gasteiger partial charge is 0.240 e. The quantitative estimate of drug-likeness (QED) is 0.567. The van der Waals surface area contributed by atoms with E-state index in [0.29, 0.717) is 24.8 Å². The molecule has 5 nitrogen and oxygen atoms in total. The molecule has 0 unspecified atom stereocenters. The van der Waals surface area contributed by atoms with Crippen LogP contribution in [-0.2, 0) is 14.8 Å². The van der Waals surface area contributed by atoms with Crippen LogP contribution < -0.4 is 10.5 Å². The summed E-state index contributed by atoms with van der Waals surface area (Å²) in [5.41, 5.74) is 7.06. The third kappa shape index (κ3) is 5.48. The summed E-state index contributed by atoms with van der Waals surface area (Å²) in [6.07, 6.45) is 0.973. The summed E-state index contributed by atoms with van der Waals surface area (Å²) in [6.45, 7) is 7.35. The van der Waals surface area contributed by atoms with Gasteiger partial charge in [-0.25, -0.2) is 13.1 Å². The number of nitrogens with one attached hydrogen (secondary N) is 1. The minimum Gasteiger partial charge on any atom is -0.398 e. The summed E-state index contributed by atoms with van der Waals surface area (Å²) in [7, 11) is -3.51. The van der Waals surface area contributed by atoms with E-state index in [1.54, 1.807) is 12.1 Å². The number of rotatable bonds is 8. The van der Waals surface area contributed by atoms with Crippen molar-refractivity contribution >= 4 is 15.7 Å². The van der Waals surface area contributed by atoms with Crippen molar-refractivity contribution in [2.75, 3.05) is 25.5 Å². The molecule has 0 aliphatic carbocycles. The molecule has 0 saturated heterocycles. The van der Waals surface area contributed by atoms with E-state index in [9.17, 15) is 8.42 Å². The molecule has 0 spiro atoms. The second kappa shape index (κ2) is 7.61. The van der Waals surface area contributed by atoms with Gasteiger partial charge in [-0.1, -0.05) is 19.9 Å². The molecule has 20 heavy (non-hydrogen) atoms. The first kappa shape index (κ1) is 16.9. The molecule has 0 aliphatic rings. The fraction of sp³-hybridized carbons (Fsp3) is 0.571. The lowest BCUT2D eigenvalue weighted by atomic mass is 10.1. The normalized spacial score (nSPS) is 12.0. The third-order valence-corrected chi connectivity index (χ3v) is 4.40. The number of nitrogen functional groups attached to an aromatic ring is 1. The average molecular weight is 300 g/mol. The average Bonchev–Trinajstić information content (AvgIpc) is 2.36. The molecule has 114 valence electrons. The lowest BCUT2D eigenvalue weighted by molar-refractivity contribution is 0.128. The van der Waals surface area contributed by atoms with E-state index in [-0.39, 0.29) is 11.4 Å². The Hall–Kier alpha value is -1.11. The summed E-state index contributed by atoms with van der Waals surface area (Å²) in [5, 5.41) is 0. The maximum absolute atomic E-state index is 12.0. The molecule has 0 bridgehead atoms. The van der Waals surface area contributed by atoms with Gasteiger partial charge in [-0.15, -0.1) is 0 Å². The standard InChI is InChI=1S/C14H24N2O3S/c1-11(2)6-8-19-9-7-16-20(17,18)13-5-4-12(3)14(15)10-13/h4-5,10-11,16H,6-9,15H2,1-3H3. The molecule has 1 rings (SSSR count). The van der Waals surface area contributed by atoms with E-state index in [1.807, 2.05) is 6.92 Å². The van der Waals surface area contributed by atoms with E-state index >= 15 is 0 Å². The second-order valence-electron chi connectivity index (χ2n) is 5.21. The number of hydrogen-bond acceptors (Lipinski definition) is 4. The lowest BCUT2D eigenvalue weighted by Gasteiger charge is -2.09. The third-order valence-electron chi connectivity index (χ3n) is 2.94. The van der Waals surface area contributed by atoms with Crippen molar-refractivity contribution in [2.45, 2.75) is 32.1 Å². The van der Waals surface area contributed by atoms with Crippen LogP contribution in [-0.4, -0.2) is 28.2 Å². The van der Waals surface area contributed by atoms with Gasteiger partial charge in [0.2, 0.25) is 10.0 Å². The minimum absolute atomic E-state index is 0.183. The Labute approximate surface area is 121 Å². The zero-order chi connectivity index (χ0) is 15.2. The van der Waals surface area contributed by atoms with Crippen molar-refractivity contribution < 1.29 is 13.2 Å². The molecule has 0 saturated carbocycles. The number of anilines is 1. The first-order valence-corrected chi connectivity index (χ1v) is 8.25. The monoisotopic (exact) mass is 300 g/mol. The molecule has 0 heterocycles. The number of ether oxygens (including phenoxy) is 1. The predicted molar refractivity (Wildman–Crippen MR) is 81.1 cm³/mol. The molecule has 0 radical (unpaired) electrons. The SMILES string of the molecule is Cc1ccc(S(=O)(=O)NCCOCCC(C)C)cc1N. The highest BCUT2D eigenvalue weighted by Gasteiger charge is 2.14. The Morgan fingerprint density at radius 2 is 2.00 bits per heavy atom. The van der Waals surface area contributed by atoms with Gasteiger partial charge in [0.15, 0.2) is 0 Å². The molecule has 0 aromatic heterocycles. The molecular formula is C14H24N2O3S. The van der Waals surface area contributed by atoms with E-state index in [0.717, 1.165) is 12.0 Å². The van der Waals surface area contributed by atoms with Crippen molar-refractivity contribution in [3.63, 3.8) is 0 Å². The van der Waals surface area contributed by atoms with Crippen molar-refractivity contribution in [1.82, 2.24) is 4.72 Å². The minimum atomic E-state index is -3.51.